The Morgan fingerprint density at radius 1 is 1.35 bits per heavy atom. The van der Waals surface area contributed by atoms with Gasteiger partial charge in [0.15, 0.2) is 0 Å². The first-order chi connectivity index (χ1) is 8.20. The van der Waals surface area contributed by atoms with Crippen molar-refractivity contribution in [3.63, 3.8) is 0 Å². The summed E-state index contributed by atoms with van der Waals surface area (Å²) in [5.41, 5.74) is 16.7. The molecule has 1 unspecified atom stereocenters. The van der Waals surface area contributed by atoms with E-state index in [1.165, 1.54) is 5.57 Å². The number of hydrogen-bond donors (Lipinski definition) is 3. The van der Waals surface area contributed by atoms with Crippen molar-refractivity contribution in [3.05, 3.63) is 41.0 Å². The van der Waals surface area contributed by atoms with Gasteiger partial charge in [-0.2, -0.15) is 0 Å². The van der Waals surface area contributed by atoms with Crippen LogP contribution < -0.4 is 16.8 Å². The molecule has 92 valence electrons. The number of nitrogens with two attached hydrogens (primary N) is 2. The molecule has 1 atom stereocenters. The summed E-state index contributed by atoms with van der Waals surface area (Å²) < 4.78 is 0. The highest BCUT2D eigenvalue weighted by Gasteiger charge is 2.16. The molecule has 1 aliphatic rings. The Hall–Kier alpha value is -1.32. The molecule has 0 bridgehead atoms. The van der Waals surface area contributed by atoms with Gasteiger partial charge in [0.2, 0.25) is 0 Å². The molecule has 0 saturated carbocycles. The van der Waals surface area contributed by atoms with Crippen molar-refractivity contribution in [1.82, 2.24) is 5.32 Å². The molecular weight excluding hydrogens is 210 g/mol. The second kappa shape index (κ2) is 5.34. The molecule has 0 fully saturated rings. The van der Waals surface area contributed by atoms with Crippen LogP contribution in [0.15, 0.2) is 29.8 Å². The van der Waals surface area contributed by atoms with E-state index in [-0.39, 0.29) is 6.04 Å². The van der Waals surface area contributed by atoms with Gasteiger partial charge < -0.3 is 16.8 Å². The summed E-state index contributed by atoms with van der Waals surface area (Å²) in [5.74, 6) is 0. The minimum atomic E-state index is -0.0604. The third kappa shape index (κ3) is 2.68. The van der Waals surface area contributed by atoms with E-state index in [2.05, 4.69) is 11.4 Å². The van der Waals surface area contributed by atoms with Gasteiger partial charge in [0.25, 0.3) is 0 Å². The number of nitrogens with one attached hydrogen (secondary N) is 1. The highest BCUT2D eigenvalue weighted by Crippen LogP contribution is 2.29. The summed E-state index contributed by atoms with van der Waals surface area (Å²) in [4.78, 5) is 0. The zero-order chi connectivity index (χ0) is 12.3. The first-order valence-electron chi connectivity index (χ1n) is 6.20. The molecule has 0 aromatic heterocycles. The second-order valence-corrected chi connectivity index (χ2v) is 4.64. The van der Waals surface area contributed by atoms with E-state index < -0.39 is 0 Å². The molecule has 1 heterocycles. The molecule has 1 aliphatic heterocycles. The summed E-state index contributed by atoms with van der Waals surface area (Å²) >= 11 is 0. The Morgan fingerprint density at radius 2 is 2.18 bits per heavy atom. The van der Waals surface area contributed by atoms with Crippen molar-refractivity contribution in [2.45, 2.75) is 25.8 Å². The minimum Gasteiger partial charge on any atom is -0.398 e. The lowest BCUT2D eigenvalue weighted by Crippen LogP contribution is -2.16. The lowest BCUT2D eigenvalue weighted by molar-refractivity contribution is 0.696. The van der Waals surface area contributed by atoms with Gasteiger partial charge in [-0.1, -0.05) is 29.8 Å². The van der Waals surface area contributed by atoms with Gasteiger partial charge >= 0.3 is 0 Å². The monoisotopic (exact) mass is 231 g/mol. The number of nitrogen functional groups attached to an aromatic ring is 1. The largest absolute Gasteiger partial charge is 0.398 e. The number of benzene rings is 1. The summed E-state index contributed by atoms with van der Waals surface area (Å²) in [7, 11) is 0. The Labute approximate surface area is 103 Å². The van der Waals surface area contributed by atoms with Gasteiger partial charge in [-0.05, 0) is 37.4 Å². The molecular formula is C14H21N3. The van der Waals surface area contributed by atoms with Gasteiger partial charge in [-0.3, -0.25) is 0 Å². The maximum atomic E-state index is 6.33. The summed E-state index contributed by atoms with van der Waals surface area (Å²) in [6.45, 7) is 4.00. The molecule has 0 aliphatic carbocycles. The normalized spacial score (nSPS) is 18.4. The van der Waals surface area contributed by atoms with Crippen molar-refractivity contribution in [2.24, 2.45) is 5.73 Å². The minimum absolute atomic E-state index is 0.0604. The van der Waals surface area contributed by atoms with Crippen molar-refractivity contribution in [2.75, 3.05) is 18.8 Å². The topological polar surface area (TPSA) is 64.1 Å². The van der Waals surface area contributed by atoms with E-state index in [1.807, 2.05) is 25.1 Å². The van der Waals surface area contributed by atoms with Crippen LogP contribution in [0, 0.1) is 6.92 Å². The molecule has 3 nitrogen and oxygen atoms in total. The van der Waals surface area contributed by atoms with E-state index in [4.69, 9.17) is 11.5 Å². The third-order valence-electron chi connectivity index (χ3n) is 3.42. The van der Waals surface area contributed by atoms with Gasteiger partial charge in [0, 0.05) is 12.2 Å². The van der Waals surface area contributed by atoms with Crippen LogP contribution in [0.1, 0.15) is 30.0 Å². The molecule has 1 aromatic carbocycles. The Kier molecular flexibility index (Phi) is 3.82. The standard InChI is InChI=1S/C14H21N3/c1-10-4-2-6-12(13(10)15)14(16)11-5-3-8-17-9-7-11/h2,4,6-7,14,17H,3,5,8-9,15-16H2,1H3. The van der Waals surface area contributed by atoms with Crippen LogP contribution in [0.25, 0.3) is 0 Å². The van der Waals surface area contributed by atoms with Crippen LogP contribution in [0.3, 0.4) is 0 Å². The quantitative estimate of drug-likeness (QED) is 0.538. The molecule has 1 aromatic rings. The maximum Gasteiger partial charge on any atom is 0.0532 e. The summed E-state index contributed by atoms with van der Waals surface area (Å²) in [5, 5.41) is 3.35. The van der Waals surface area contributed by atoms with E-state index in [0.717, 1.165) is 42.7 Å². The van der Waals surface area contributed by atoms with Crippen LogP contribution in [-0.4, -0.2) is 13.1 Å². The van der Waals surface area contributed by atoms with Crippen LogP contribution in [0.2, 0.25) is 0 Å². The van der Waals surface area contributed by atoms with Crippen LogP contribution in [-0.2, 0) is 0 Å². The van der Waals surface area contributed by atoms with Crippen LogP contribution in [0.5, 0.6) is 0 Å². The second-order valence-electron chi connectivity index (χ2n) is 4.64. The van der Waals surface area contributed by atoms with Gasteiger partial charge in [-0.25, -0.2) is 0 Å². The zero-order valence-electron chi connectivity index (χ0n) is 10.4. The third-order valence-corrected chi connectivity index (χ3v) is 3.42. The number of anilines is 1. The Balaban J connectivity index is 2.26. The highest BCUT2D eigenvalue weighted by molar-refractivity contribution is 5.56. The molecule has 2 rings (SSSR count). The van der Waals surface area contributed by atoms with Crippen LogP contribution >= 0.6 is 0 Å². The molecule has 0 spiro atoms. The molecule has 3 heteroatoms. The van der Waals surface area contributed by atoms with Gasteiger partial charge in [0.05, 0.1) is 6.04 Å². The average Bonchev–Trinajstić information content (AvgIpc) is 2.60. The van der Waals surface area contributed by atoms with Crippen molar-refractivity contribution >= 4 is 5.69 Å². The fraction of sp³-hybridized carbons (Fsp3) is 0.429. The van der Waals surface area contributed by atoms with E-state index in [0.29, 0.717) is 0 Å². The lowest BCUT2D eigenvalue weighted by atomic mass is 9.93. The SMILES string of the molecule is Cc1cccc(C(N)C2=CCNCCC2)c1N. The number of hydrogen-bond acceptors (Lipinski definition) is 3. The van der Waals surface area contributed by atoms with Gasteiger partial charge in [0.1, 0.15) is 0 Å². The van der Waals surface area contributed by atoms with Crippen molar-refractivity contribution in [3.8, 4) is 0 Å². The zero-order valence-corrected chi connectivity index (χ0v) is 10.4. The predicted molar refractivity (Wildman–Crippen MR) is 72.7 cm³/mol. The number of aryl methyl sites for hydroxylation is 1. The van der Waals surface area contributed by atoms with Crippen molar-refractivity contribution in [1.29, 1.82) is 0 Å². The van der Waals surface area contributed by atoms with E-state index in [9.17, 15) is 0 Å². The van der Waals surface area contributed by atoms with Gasteiger partial charge in [-0.15, -0.1) is 0 Å². The Bertz CT molecular complexity index is 423. The predicted octanol–water partition coefficient (Wildman–Crippen LogP) is 1.89. The maximum absolute atomic E-state index is 6.33. The number of rotatable bonds is 2. The molecule has 0 amide bonds. The average molecular weight is 231 g/mol. The number of para-hydroxylation sites is 1. The first-order valence-corrected chi connectivity index (χ1v) is 6.20. The van der Waals surface area contributed by atoms with Crippen molar-refractivity contribution < 1.29 is 0 Å². The summed E-state index contributed by atoms with van der Waals surface area (Å²) in [6.07, 6.45) is 4.41. The fourth-order valence-corrected chi connectivity index (χ4v) is 2.28. The first kappa shape index (κ1) is 12.1. The van der Waals surface area contributed by atoms with E-state index in [1.54, 1.807) is 0 Å². The molecule has 0 saturated heterocycles. The van der Waals surface area contributed by atoms with Crippen LogP contribution in [0.4, 0.5) is 5.69 Å². The molecule has 17 heavy (non-hydrogen) atoms. The lowest BCUT2D eigenvalue weighted by Gasteiger charge is -2.18. The van der Waals surface area contributed by atoms with E-state index >= 15 is 0 Å². The molecule has 0 radical (unpaired) electrons. The fourth-order valence-electron chi connectivity index (χ4n) is 2.28. The Morgan fingerprint density at radius 3 is 3.00 bits per heavy atom. The molecule has 5 N–H and O–H groups in total. The summed E-state index contributed by atoms with van der Waals surface area (Å²) in [6, 6.07) is 6.02. The highest BCUT2D eigenvalue weighted by atomic mass is 14.8. The smallest absolute Gasteiger partial charge is 0.0532 e.